The van der Waals surface area contributed by atoms with Gasteiger partial charge in [0.05, 0.1) is 123 Å². The number of fused-ring (bicyclic) bond motifs is 4. The van der Waals surface area contributed by atoms with E-state index in [4.69, 9.17) is 131 Å². The third kappa shape index (κ3) is 35.0. The van der Waals surface area contributed by atoms with E-state index in [2.05, 4.69) is 61.5 Å². The number of benzene rings is 9. The van der Waals surface area contributed by atoms with Crippen molar-refractivity contribution in [3.63, 3.8) is 0 Å². The minimum absolute atomic E-state index is 0. The predicted octanol–water partition coefficient (Wildman–Crippen LogP) is 15.4. The highest BCUT2D eigenvalue weighted by molar-refractivity contribution is 9.10. The second-order valence-corrected chi connectivity index (χ2v) is 48.0. The van der Waals surface area contributed by atoms with Gasteiger partial charge in [0, 0.05) is 184 Å². The van der Waals surface area contributed by atoms with E-state index in [1.165, 1.54) is 6.07 Å². The van der Waals surface area contributed by atoms with Gasteiger partial charge >= 0.3 is 0 Å². The van der Waals surface area contributed by atoms with E-state index < -0.39 is 63.4 Å². The molecule has 0 saturated heterocycles. The normalized spacial score (nSPS) is 16.4. The number of amides is 4. The van der Waals surface area contributed by atoms with Crippen LogP contribution in [0.1, 0.15) is 138 Å². The lowest BCUT2D eigenvalue weighted by Gasteiger charge is -2.33. The molecule has 0 aliphatic carbocycles. The molecule has 30 nitrogen and oxygen atoms in total. The lowest BCUT2D eigenvalue weighted by atomic mass is 9.85. The van der Waals surface area contributed by atoms with E-state index in [-0.39, 0.29) is 236 Å². The highest BCUT2D eigenvalue weighted by Crippen LogP contribution is 2.44. The standard InChI is InChI=1S/C53H60BrCl4N5O10S2.C49H60Cl4N4O11S2.CH4/c1-62-31-46(44-27-40(55)29-50(57)48(44)33-62)35-4-8-42(9-5-35)74(66,67)23-3-15-70-19-20-71-16-12-59-52(64)37-24-38(26-39(54)25-37)53(65)60-13-17-72-21-22-73-18-14-61-75(68,69)43-10-6-36(7-11-43)47-32-63(2)34-49-45(47)28-41(56)30-51(49)58;1-56-29-41(39-25-35(50)27-45(52)43(39)31-56)33-5-9-37(10-6-33)69(61,62)23-3-15-65-19-21-67-17-13-54-48(59)47(58)49(60)55-14-18-68-22-20-66-16-4-24-70(63,64)38-11-7-34(8-12-38)42-30-57(2)32-44-40(42)26-36(51)28-46(44)53;/h4-11,24-30,46-47,61H,3,12-23,31-34H2,1-2H3,(H,59,64)(H,60,65);5-12,25-28,41-42,47,58H,3-4,13-24,29-32H2,1-2H3,(H,54,59)(H,55,60);1H4. The van der Waals surface area contributed by atoms with Crippen molar-refractivity contribution in [2.24, 2.45) is 0 Å². The van der Waals surface area contributed by atoms with Crippen LogP contribution in [0.4, 0.5) is 0 Å². The zero-order chi connectivity index (χ0) is 104. The number of nitrogens with zero attached hydrogens (tertiary/aromatic N) is 4. The topological polar surface area (TPSA) is 372 Å². The van der Waals surface area contributed by atoms with Gasteiger partial charge in [0.15, 0.2) is 29.5 Å². The summed E-state index contributed by atoms with van der Waals surface area (Å²) in [5.74, 6) is -2.80. The second kappa shape index (κ2) is 57.6. The first-order chi connectivity index (χ1) is 69.3. The monoisotopic (exact) mass is 2310 g/mol. The van der Waals surface area contributed by atoms with Crippen LogP contribution in [0.25, 0.3) is 0 Å². The minimum atomic E-state index is -3.77. The number of rotatable bonds is 52. The van der Waals surface area contributed by atoms with Crippen molar-refractivity contribution in [1.29, 1.82) is 0 Å². The van der Waals surface area contributed by atoms with Crippen LogP contribution in [0.2, 0.25) is 40.2 Å². The number of hydrogen-bond acceptors (Lipinski definition) is 25. The molecule has 794 valence electrons. The highest BCUT2D eigenvalue weighted by Gasteiger charge is 2.34. The Kier molecular flexibility index (Phi) is 47.0. The first-order valence-electron chi connectivity index (χ1n) is 47.3. The summed E-state index contributed by atoms with van der Waals surface area (Å²) in [5, 5.41) is 25.2. The molecule has 4 amide bonds. The molecule has 0 fully saturated rings. The number of carbonyl (C=O) groups excluding carboxylic acids is 4. The summed E-state index contributed by atoms with van der Waals surface area (Å²) in [6, 6.07) is 47.2. The van der Waals surface area contributed by atoms with Crippen molar-refractivity contribution in [3.8, 4) is 0 Å². The second-order valence-electron chi connectivity index (χ2n) is 35.6. The summed E-state index contributed by atoms with van der Waals surface area (Å²) in [7, 11) is -6.28. The fourth-order valence-corrected chi connectivity index (χ4v) is 25.1. The van der Waals surface area contributed by atoms with Gasteiger partial charge in [-0.1, -0.05) is 165 Å². The Hall–Kier alpha value is -7.10. The molecule has 0 aromatic heterocycles. The fourth-order valence-electron chi connectivity index (χ4n) is 17.5. The van der Waals surface area contributed by atoms with Crippen molar-refractivity contribution >= 4 is 172 Å². The van der Waals surface area contributed by atoms with Crippen molar-refractivity contribution in [1.82, 2.24) is 45.6 Å². The van der Waals surface area contributed by atoms with Gasteiger partial charge in [-0.2, -0.15) is 0 Å². The van der Waals surface area contributed by atoms with E-state index in [0.29, 0.717) is 77.3 Å². The summed E-state index contributed by atoms with van der Waals surface area (Å²) < 4.78 is 152. The van der Waals surface area contributed by atoms with Crippen molar-refractivity contribution in [2.45, 2.75) is 102 Å². The van der Waals surface area contributed by atoms with Gasteiger partial charge in [0.25, 0.3) is 23.6 Å². The summed E-state index contributed by atoms with van der Waals surface area (Å²) >= 11 is 54.7. The zero-order valence-corrected chi connectivity index (χ0v) is 91.6. The molecule has 4 aliphatic heterocycles. The average molecular weight is 2320 g/mol. The third-order valence-electron chi connectivity index (χ3n) is 24.7. The Labute approximate surface area is 904 Å². The van der Waals surface area contributed by atoms with Crippen LogP contribution in [0.3, 0.4) is 0 Å². The molecule has 6 N–H and O–H groups in total. The van der Waals surface area contributed by atoms with Gasteiger partial charge in [-0.3, -0.25) is 19.2 Å². The Balaban J connectivity index is 0.000000277. The van der Waals surface area contributed by atoms with Gasteiger partial charge in [-0.15, -0.1) is 0 Å². The summed E-state index contributed by atoms with van der Waals surface area (Å²) in [4.78, 5) is 59.9. The number of aliphatic hydroxyl groups is 1. The van der Waals surface area contributed by atoms with Crippen molar-refractivity contribution < 1.29 is 95.9 Å². The summed E-state index contributed by atoms with van der Waals surface area (Å²) in [6.07, 6.45) is -1.04. The quantitative estimate of drug-likeness (QED) is 0.0152. The zero-order valence-electron chi connectivity index (χ0n) is 80.7. The van der Waals surface area contributed by atoms with Crippen LogP contribution in [0, 0.1) is 0 Å². The van der Waals surface area contributed by atoms with Gasteiger partial charge in [-0.05, 0) is 229 Å². The van der Waals surface area contributed by atoms with Crippen molar-refractivity contribution in [2.75, 3.05) is 210 Å². The maximum absolute atomic E-state index is 13.1. The number of carbonyl (C=O) groups is 4. The minimum Gasteiger partial charge on any atom is -0.379 e. The smallest absolute Gasteiger partial charge is 0.258 e. The maximum Gasteiger partial charge on any atom is 0.258 e. The van der Waals surface area contributed by atoms with Gasteiger partial charge in [-0.25, -0.2) is 38.4 Å². The number of sulfonamides is 1. The number of likely N-dealkylation sites (N-methyl/N-ethyl adjacent to an activating group) is 4. The summed E-state index contributed by atoms with van der Waals surface area (Å²) in [6.45, 7) is 9.52. The molecule has 43 heteroatoms. The van der Waals surface area contributed by atoms with E-state index in [9.17, 15) is 58.0 Å². The van der Waals surface area contributed by atoms with Crippen LogP contribution in [0.15, 0.2) is 188 Å². The largest absolute Gasteiger partial charge is 0.379 e. The number of sulfone groups is 3. The average Bonchev–Trinajstić information content (AvgIpc) is 0.782. The van der Waals surface area contributed by atoms with E-state index in [0.717, 1.165) is 92.9 Å². The predicted molar refractivity (Wildman–Crippen MR) is 574 cm³/mol. The van der Waals surface area contributed by atoms with Crippen LogP contribution < -0.4 is 26.0 Å². The molecule has 0 bridgehead atoms. The molecule has 4 unspecified atom stereocenters. The number of aliphatic hydroxyl groups excluding tert-OH is 1. The van der Waals surface area contributed by atoms with Crippen molar-refractivity contribution in [3.05, 3.63) is 286 Å². The third-order valence-corrected chi connectivity index (χ3v) is 34.3. The molecular formula is C103H124BrCl8N9O21S4. The number of nitrogens with one attached hydrogen (secondary N) is 5. The van der Waals surface area contributed by atoms with Crippen LogP contribution in [0.5, 0.6) is 0 Å². The lowest BCUT2D eigenvalue weighted by molar-refractivity contribution is -0.141. The Morgan fingerprint density at radius 3 is 0.842 bits per heavy atom. The Morgan fingerprint density at radius 1 is 0.336 bits per heavy atom. The summed E-state index contributed by atoms with van der Waals surface area (Å²) in [5.41, 5.74) is 12.7. The molecule has 146 heavy (non-hydrogen) atoms. The Bertz CT molecular complexity index is 6030. The molecule has 0 saturated carbocycles. The first-order valence-corrected chi connectivity index (χ1v) is 57.5. The van der Waals surface area contributed by atoms with Crippen LogP contribution >= 0.6 is 109 Å². The van der Waals surface area contributed by atoms with Gasteiger partial charge < -0.3 is 83.9 Å². The lowest BCUT2D eigenvalue weighted by Crippen LogP contribution is -2.47. The van der Waals surface area contributed by atoms with Gasteiger partial charge in [0.1, 0.15) is 0 Å². The fraction of sp³-hybridized carbons (Fsp3) is 0.437. The maximum atomic E-state index is 13.1. The van der Waals surface area contributed by atoms with E-state index in [1.54, 1.807) is 84.9 Å². The number of ether oxygens (including phenoxy) is 8. The molecular weight excluding hydrogens is 2190 g/mol. The molecule has 0 spiro atoms. The SMILES string of the molecule is C.CN1Cc2c(Cl)cc(Cl)cc2C(c2ccc(S(=O)(=O)CCCOCCOCCNC(=O)C(O)C(=O)NCCOCCOCCCS(=O)(=O)c3ccc(C4CN(C)Cc5c(Cl)cc(Cl)cc54)cc3)cc2)C1.CN1Cc2c(Cl)cc(Cl)cc2C(c2ccc(S(=O)(=O)CCCOCCOCCNC(=O)c3cc(Br)cc(C(=O)NCCOCCOCCNS(=O)(=O)c4ccc(C5CN(C)Cc6c(Cl)cc(Cl)cc65)cc4)c3)cc2)C1. The van der Waals surface area contributed by atoms with Crippen LogP contribution in [-0.2, 0) is 113 Å². The molecule has 9 aromatic rings. The molecule has 4 aliphatic rings. The molecule has 4 atom stereocenters. The molecule has 0 radical (unpaired) electrons. The molecule has 9 aromatic carbocycles. The highest BCUT2D eigenvalue weighted by atomic mass is 79.9. The molecule has 13 rings (SSSR count). The van der Waals surface area contributed by atoms with E-state index >= 15 is 0 Å². The van der Waals surface area contributed by atoms with E-state index in [1.807, 2.05) is 101 Å². The van der Waals surface area contributed by atoms with Gasteiger partial charge in [0.2, 0.25) is 16.1 Å². The number of hydrogen-bond donors (Lipinski definition) is 6. The first kappa shape index (κ1) is 119. The Morgan fingerprint density at radius 2 is 0.575 bits per heavy atom. The van der Waals surface area contributed by atoms with Crippen LogP contribution in [-0.4, -0.2) is 298 Å². The molecule has 4 heterocycles. The number of halogens is 9.